The summed E-state index contributed by atoms with van der Waals surface area (Å²) in [5.74, 6) is 0. The Hall–Kier alpha value is -0.430. The molecule has 100 valence electrons. The molecule has 1 atom stereocenters. The van der Waals surface area contributed by atoms with Crippen LogP contribution in [0.5, 0.6) is 0 Å². The van der Waals surface area contributed by atoms with Crippen LogP contribution < -0.4 is 5.32 Å². The Morgan fingerprint density at radius 2 is 2.28 bits per heavy atom. The van der Waals surface area contributed by atoms with Gasteiger partial charge in [-0.05, 0) is 38.1 Å². The van der Waals surface area contributed by atoms with Crippen LogP contribution in [0, 0.1) is 0 Å². The van der Waals surface area contributed by atoms with Crippen LogP contribution in [0.1, 0.15) is 12.8 Å². The van der Waals surface area contributed by atoms with Crippen molar-refractivity contribution in [3.8, 4) is 0 Å². The zero-order valence-corrected chi connectivity index (χ0v) is 12.7. The molecule has 6 heteroatoms. The molecule has 1 saturated heterocycles. The Morgan fingerprint density at radius 1 is 1.50 bits per heavy atom. The molecule has 1 aliphatic heterocycles. The molecule has 1 aliphatic rings. The van der Waals surface area contributed by atoms with Crippen molar-refractivity contribution in [3.63, 3.8) is 0 Å². The monoisotopic (exact) mass is 332 g/mol. The molecule has 1 heterocycles. The zero-order valence-electron chi connectivity index (χ0n) is 10.3. The van der Waals surface area contributed by atoms with Crippen LogP contribution in [0.2, 0.25) is 0 Å². The SMILES string of the molecule is CNC[C@H]1CCCN1S(=O)(=O)c1cccc(Br)c1. The second-order valence-electron chi connectivity index (χ2n) is 4.43. The minimum atomic E-state index is -3.37. The second kappa shape index (κ2) is 5.69. The van der Waals surface area contributed by atoms with E-state index in [9.17, 15) is 8.42 Å². The van der Waals surface area contributed by atoms with Gasteiger partial charge in [0.05, 0.1) is 4.90 Å². The number of nitrogens with zero attached hydrogens (tertiary/aromatic N) is 1. The first-order valence-electron chi connectivity index (χ1n) is 5.97. The largest absolute Gasteiger partial charge is 0.318 e. The van der Waals surface area contributed by atoms with Crippen LogP contribution in [-0.2, 0) is 10.0 Å². The van der Waals surface area contributed by atoms with Crippen LogP contribution in [0.4, 0.5) is 0 Å². The summed E-state index contributed by atoms with van der Waals surface area (Å²) in [6.45, 7) is 1.31. The van der Waals surface area contributed by atoms with E-state index in [0.29, 0.717) is 18.0 Å². The van der Waals surface area contributed by atoms with Crippen LogP contribution >= 0.6 is 15.9 Å². The minimum Gasteiger partial charge on any atom is -0.318 e. The fraction of sp³-hybridized carbons (Fsp3) is 0.500. The van der Waals surface area contributed by atoms with Crippen LogP contribution in [0.15, 0.2) is 33.6 Å². The summed E-state index contributed by atoms with van der Waals surface area (Å²) in [7, 11) is -1.52. The molecule has 2 rings (SSSR count). The first-order chi connectivity index (χ1) is 8.55. The van der Waals surface area contributed by atoms with E-state index < -0.39 is 10.0 Å². The standard InChI is InChI=1S/C12H17BrN2O2S/c1-14-9-11-5-3-7-15(11)18(16,17)12-6-2-4-10(13)8-12/h2,4,6,8,11,14H,3,5,7,9H2,1H3/t11-/m1/s1. The molecule has 1 fully saturated rings. The van der Waals surface area contributed by atoms with Crippen LogP contribution in [0.25, 0.3) is 0 Å². The van der Waals surface area contributed by atoms with Crippen LogP contribution in [-0.4, -0.2) is 38.9 Å². The lowest BCUT2D eigenvalue weighted by Crippen LogP contribution is -2.40. The molecule has 0 unspecified atom stereocenters. The van der Waals surface area contributed by atoms with E-state index in [-0.39, 0.29) is 6.04 Å². The van der Waals surface area contributed by atoms with Gasteiger partial charge in [0.2, 0.25) is 10.0 Å². The summed E-state index contributed by atoms with van der Waals surface area (Å²) in [6, 6.07) is 6.95. The normalized spacial score (nSPS) is 21.3. The number of likely N-dealkylation sites (N-methyl/N-ethyl adjacent to an activating group) is 1. The number of hydrogen-bond acceptors (Lipinski definition) is 3. The summed E-state index contributed by atoms with van der Waals surface area (Å²) < 4.78 is 27.5. The molecule has 0 spiro atoms. The highest BCUT2D eigenvalue weighted by Crippen LogP contribution is 2.27. The van der Waals surface area contributed by atoms with E-state index in [1.807, 2.05) is 13.1 Å². The van der Waals surface area contributed by atoms with Crippen molar-refractivity contribution in [2.24, 2.45) is 0 Å². The van der Waals surface area contributed by atoms with E-state index in [2.05, 4.69) is 21.2 Å². The van der Waals surface area contributed by atoms with Crippen molar-refractivity contribution >= 4 is 26.0 Å². The molecule has 4 nitrogen and oxygen atoms in total. The second-order valence-corrected chi connectivity index (χ2v) is 7.23. The van der Waals surface area contributed by atoms with Crippen molar-refractivity contribution in [2.45, 2.75) is 23.8 Å². The molecule has 1 aromatic rings. The van der Waals surface area contributed by atoms with Crippen molar-refractivity contribution in [3.05, 3.63) is 28.7 Å². The average molecular weight is 333 g/mol. The third kappa shape index (κ3) is 2.77. The Kier molecular flexibility index (Phi) is 4.42. The molecule has 0 saturated carbocycles. The van der Waals surface area contributed by atoms with Crippen LogP contribution in [0.3, 0.4) is 0 Å². The quantitative estimate of drug-likeness (QED) is 0.914. The number of halogens is 1. The summed E-state index contributed by atoms with van der Waals surface area (Å²) in [4.78, 5) is 0.361. The first-order valence-corrected chi connectivity index (χ1v) is 8.21. The third-order valence-corrected chi connectivity index (χ3v) is 5.61. The molecule has 0 aromatic heterocycles. The van der Waals surface area contributed by atoms with Gasteiger partial charge in [-0.1, -0.05) is 22.0 Å². The third-order valence-electron chi connectivity index (χ3n) is 3.17. The number of nitrogens with one attached hydrogen (secondary N) is 1. The Balaban J connectivity index is 2.30. The van der Waals surface area contributed by atoms with Gasteiger partial charge < -0.3 is 5.32 Å². The molecule has 0 aliphatic carbocycles. The molecule has 1 aromatic carbocycles. The molecule has 1 N–H and O–H groups in total. The fourth-order valence-electron chi connectivity index (χ4n) is 2.33. The number of sulfonamides is 1. The van der Waals surface area contributed by atoms with E-state index in [0.717, 1.165) is 17.3 Å². The fourth-order valence-corrected chi connectivity index (χ4v) is 4.62. The van der Waals surface area contributed by atoms with Gasteiger partial charge in [0, 0.05) is 23.6 Å². The lowest BCUT2D eigenvalue weighted by Gasteiger charge is -2.23. The van der Waals surface area contributed by atoms with E-state index in [1.165, 1.54) is 0 Å². The maximum absolute atomic E-state index is 12.5. The Labute approximate surface area is 117 Å². The maximum atomic E-state index is 12.5. The van der Waals surface area contributed by atoms with Gasteiger partial charge in [-0.25, -0.2) is 8.42 Å². The van der Waals surface area contributed by atoms with Crippen molar-refractivity contribution in [1.29, 1.82) is 0 Å². The lowest BCUT2D eigenvalue weighted by atomic mass is 10.2. The highest BCUT2D eigenvalue weighted by atomic mass is 79.9. The van der Waals surface area contributed by atoms with Gasteiger partial charge in [-0.3, -0.25) is 0 Å². The highest BCUT2D eigenvalue weighted by molar-refractivity contribution is 9.10. The van der Waals surface area contributed by atoms with Gasteiger partial charge in [0.25, 0.3) is 0 Å². The van der Waals surface area contributed by atoms with Gasteiger partial charge >= 0.3 is 0 Å². The summed E-state index contributed by atoms with van der Waals surface area (Å²) in [5, 5.41) is 3.06. The summed E-state index contributed by atoms with van der Waals surface area (Å²) >= 11 is 3.31. The zero-order chi connectivity index (χ0) is 13.2. The van der Waals surface area contributed by atoms with Crippen molar-refractivity contribution < 1.29 is 8.42 Å². The smallest absolute Gasteiger partial charge is 0.243 e. The number of rotatable bonds is 4. The number of benzene rings is 1. The molecule has 0 amide bonds. The van der Waals surface area contributed by atoms with Gasteiger partial charge in [-0.2, -0.15) is 4.31 Å². The summed E-state index contributed by atoms with van der Waals surface area (Å²) in [5.41, 5.74) is 0. The van der Waals surface area contributed by atoms with Crippen molar-refractivity contribution in [2.75, 3.05) is 20.1 Å². The van der Waals surface area contributed by atoms with E-state index >= 15 is 0 Å². The maximum Gasteiger partial charge on any atom is 0.243 e. The molecule has 0 bridgehead atoms. The Bertz CT molecular complexity index is 519. The van der Waals surface area contributed by atoms with E-state index in [4.69, 9.17) is 0 Å². The Morgan fingerprint density at radius 3 is 2.94 bits per heavy atom. The predicted molar refractivity (Wildman–Crippen MR) is 75.0 cm³/mol. The van der Waals surface area contributed by atoms with E-state index in [1.54, 1.807) is 22.5 Å². The molecular formula is C12H17BrN2O2S. The number of hydrogen-bond donors (Lipinski definition) is 1. The van der Waals surface area contributed by atoms with Crippen molar-refractivity contribution in [1.82, 2.24) is 9.62 Å². The highest BCUT2D eigenvalue weighted by Gasteiger charge is 2.34. The topological polar surface area (TPSA) is 49.4 Å². The predicted octanol–water partition coefficient (Wildman–Crippen LogP) is 1.82. The van der Waals surface area contributed by atoms with Gasteiger partial charge in [0.1, 0.15) is 0 Å². The molecule has 0 radical (unpaired) electrons. The minimum absolute atomic E-state index is 0.0685. The average Bonchev–Trinajstić information content (AvgIpc) is 2.78. The molecular weight excluding hydrogens is 316 g/mol. The molecule has 18 heavy (non-hydrogen) atoms. The summed E-state index contributed by atoms with van der Waals surface area (Å²) in [6.07, 6.45) is 1.85. The lowest BCUT2D eigenvalue weighted by molar-refractivity contribution is 0.379. The van der Waals surface area contributed by atoms with Gasteiger partial charge in [-0.15, -0.1) is 0 Å². The van der Waals surface area contributed by atoms with Gasteiger partial charge in [0.15, 0.2) is 0 Å². The first kappa shape index (κ1) is 14.0.